The van der Waals surface area contributed by atoms with Crippen molar-refractivity contribution in [2.24, 2.45) is 0 Å². The Bertz CT molecular complexity index is 990. The van der Waals surface area contributed by atoms with E-state index in [4.69, 9.17) is 11.6 Å². The predicted molar refractivity (Wildman–Crippen MR) is 108 cm³/mol. The number of amides is 2. The normalized spacial score (nSPS) is 10.3. The number of nitrogens with one attached hydrogen (secondary N) is 1. The number of aryl methyl sites for hydroxylation is 1. The fourth-order valence-corrected chi connectivity index (χ4v) is 2.71. The summed E-state index contributed by atoms with van der Waals surface area (Å²) in [6, 6.07) is 19.3. The number of anilines is 2. The van der Waals surface area contributed by atoms with Crippen LogP contribution in [-0.2, 0) is 0 Å². The largest absolute Gasteiger partial charge is 0.320 e. The zero-order chi connectivity index (χ0) is 19.4. The maximum absolute atomic E-state index is 12.7. The molecule has 0 spiro atoms. The van der Waals surface area contributed by atoms with Gasteiger partial charge in [-0.1, -0.05) is 41.9 Å². The van der Waals surface area contributed by atoms with E-state index in [2.05, 4.69) is 10.3 Å². The Morgan fingerprint density at radius 1 is 0.963 bits per heavy atom. The van der Waals surface area contributed by atoms with Crippen molar-refractivity contribution in [2.75, 3.05) is 17.3 Å². The van der Waals surface area contributed by atoms with Gasteiger partial charge in [0.1, 0.15) is 11.4 Å². The molecule has 0 radical (unpaired) electrons. The van der Waals surface area contributed by atoms with E-state index in [0.29, 0.717) is 10.7 Å². The Balaban J connectivity index is 1.81. The van der Waals surface area contributed by atoms with Gasteiger partial charge in [-0.2, -0.15) is 0 Å². The first-order valence-corrected chi connectivity index (χ1v) is 8.71. The SMILES string of the molecule is Cc1ccc(Cl)cc1NC(=O)c1cccc(C(=O)N(C)c2ccccc2)n1. The van der Waals surface area contributed by atoms with Gasteiger partial charge in [0.05, 0.1) is 0 Å². The summed E-state index contributed by atoms with van der Waals surface area (Å²) < 4.78 is 0. The second-order valence-electron chi connectivity index (χ2n) is 6.02. The monoisotopic (exact) mass is 379 g/mol. The lowest BCUT2D eigenvalue weighted by molar-refractivity contribution is 0.0988. The molecule has 1 N–H and O–H groups in total. The summed E-state index contributed by atoms with van der Waals surface area (Å²) in [5.41, 5.74) is 2.57. The third kappa shape index (κ3) is 4.33. The van der Waals surface area contributed by atoms with Gasteiger partial charge in [-0.05, 0) is 48.9 Å². The molecule has 0 atom stereocenters. The second-order valence-corrected chi connectivity index (χ2v) is 6.46. The van der Waals surface area contributed by atoms with Gasteiger partial charge in [-0.3, -0.25) is 9.59 Å². The molecule has 3 rings (SSSR count). The van der Waals surface area contributed by atoms with Crippen LogP contribution < -0.4 is 10.2 Å². The van der Waals surface area contributed by atoms with Gasteiger partial charge in [0.2, 0.25) is 0 Å². The number of para-hydroxylation sites is 1. The van der Waals surface area contributed by atoms with E-state index < -0.39 is 5.91 Å². The molecule has 0 unspecified atom stereocenters. The molecule has 2 aromatic carbocycles. The van der Waals surface area contributed by atoms with Crippen molar-refractivity contribution >= 4 is 34.8 Å². The third-order valence-electron chi connectivity index (χ3n) is 4.10. The van der Waals surface area contributed by atoms with Crippen molar-refractivity contribution in [3.63, 3.8) is 0 Å². The highest BCUT2D eigenvalue weighted by atomic mass is 35.5. The van der Waals surface area contributed by atoms with E-state index in [1.54, 1.807) is 37.4 Å². The van der Waals surface area contributed by atoms with Gasteiger partial charge < -0.3 is 10.2 Å². The van der Waals surface area contributed by atoms with E-state index in [0.717, 1.165) is 11.3 Å². The van der Waals surface area contributed by atoms with E-state index in [1.807, 2.05) is 43.3 Å². The molecule has 0 saturated carbocycles. The number of benzene rings is 2. The summed E-state index contributed by atoms with van der Waals surface area (Å²) in [5.74, 6) is -0.702. The number of hydrogen-bond donors (Lipinski definition) is 1. The summed E-state index contributed by atoms with van der Waals surface area (Å²) in [7, 11) is 1.67. The lowest BCUT2D eigenvalue weighted by atomic mass is 10.2. The van der Waals surface area contributed by atoms with Gasteiger partial charge >= 0.3 is 0 Å². The maximum Gasteiger partial charge on any atom is 0.276 e. The molecule has 0 saturated heterocycles. The highest BCUT2D eigenvalue weighted by Gasteiger charge is 2.17. The first-order chi connectivity index (χ1) is 13.0. The Kier molecular flexibility index (Phi) is 5.52. The molecular weight excluding hydrogens is 362 g/mol. The summed E-state index contributed by atoms with van der Waals surface area (Å²) in [4.78, 5) is 31.0. The van der Waals surface area contributed by atoms with Crippen LogP contribution in [0.4, 0.5) is 11.4 Å². The average molecular weight is 380 g/mol. The molecule has 0 fully saturated rings. The van der Waals surface area contributed by atoms with Crippen LogP contribution in [0.5, 0.6) is 0 Å². The molecule has 6 heteroatoms. The Morgan fingerprint density at radius 2 is 1.67 bits per heavy atom. The molecule has 0 aliphatic heterocycles. The number of nitrogens with zero attached hydrogens (tertiary/aromatic N) is 2. The van der Waals surface area contributed by atoms with Gasteiger partial charge in [0.15, 0.2) is 0 Å². The molecule has 1 heterocycles. The number of halogens is 1. The second kappa shape index (κ2) is 8.01. The molecule has 5 nitrogen and oxygen atoms in total. The number of rotatable bonds is 4. The predicted octanol–water partition coefficient (Wildman–Crippen LogP) is 4.57. The first kappa shape index (κ1) is 18.6. The smallest absolute Gasteiger partial charge is 0.276 e. The number of carbonyl (C=O) groups is 2. The van der Waals surface area contributed by atoms with Crippen LogP contribution in [0, 0.1) is 6.92 Å². The standard InChI is InChI=1S/C21H18ClN3O2/c1-14-11-12-15(22)13-19(14)24-20(26)17-9-6-10-18(23-17)21(27)25(2)16-7-4-3-5-8-16/h3-13H,1-2H3,(H,24,26). The first-order valence-electron chi connectivity index (χ1n) is 8.33. The van der Waals surface area contributed by atoms with E-state index in [-0.39, 0.29) is 17.3 Å². The minimum absolute atomic E-state index is 0.154. The highest BCUT2D eigenvalue weighted by molar-refractivity contribution is 6.31. The molecule has 3 aromatic rings. The highest BCUT2D eigenvalue weighted by Crippen LogP contribution is 2.21. The van der Waals surface area contributed by atoms with Crippen molar-refractivity contribution in [2.45, 2.75) is 6.92 Å². The van der Waals surface area contributed by atoms with Crippen molar-refractivity contribution in [3.8, 4) is 0 Å². The maximum atomic E-state index is 12.7. The molecule has 0 aliphatic rings. The van der Waals surface area contributed by atoms with Gasteiger partial charge in [0, 0.05) is 23.4 Å². The third-order valence-corrected chi connectivity index (χ3v) is 4.33. The van der Waals surface area contributed by atoms with Crippen LogP contribution in [0.2, 0.25) is 5.02 Å². The van der Waals surface area contributed by atoms with Crippen molar-refractivity contribution in [3.05, 3.63) is 88.7 Å². The lowest BCUT2D eigenvalue weighted by Gasteiger charge is -2.17. The molecule has 0 bridgehead atoms. The summed E-state index contributed by atoms with van der Waals surface area (Å²) in [5, 5.41) is 3.31. The van der Waals surface area contributed by atoms with Crippen LogP contribution >= 0.6 is 11.6 Å². The molecule has 0 aliphatic carbocycles. The van der Waals surface area contributed by atoms with Crippen molar-refractivity contribution < 1.29 is 9.59 Å². The number of hydrogen-bond acceptors (Lipinski definition) is 3. The number of carbonyl (C=O) groups excluding carboxylic acids is 2. The van der Waals surface area contributed by atoms with E-state index in [9.17, 15) is 9.59 Å². The fraction of sp³-hybridized carbons (Fsp3) is 0.0952. The molecule has 2 amide bonds. The zero-order valence-electron chi connectivity index (χ0n) is 14.9. The number of aromatic nitrogens is 1. The lowest BCUT2D eigenvalue weighted by Crippen LogP contribution is -2.27. The Hall–Kier alpha value is -3.18. The van der Waals surface area contributed by atoms with Crippen LogP contribution in [-0.4, -0.2) is 23.8 Å². The summed E-state index contributed by atoms with van der Waals surface area (Å²) in [6.07, 6.45) is 0. The van der Waals surface area contributed by atoms with Crippen LogP contribution in [0.15, 0.2) is 66.7 Å². The summed E-state index contributed by atoms with van der Waals surface area (Å²) in [6.45, 7) is 1.87. The van der Waals surface area contributed by atoms with E-state index >= 15 is 0 Å². The molecule has 1 aromatic heterocycles. The van der Waals surface area contributed by atoms with Crippen LogP contribution in [0.3, 0.4) is 0 Å². The Morgan fingerprint density at radius 3 is 2.41 bits per heavy atom. The van der Waals surface area contributed by atoms with Crippen LogP contribution in [0.1, 0.15) is 26.5 Å². The van der Waals surface area contributed by atoms with E-state index in [1.165, 1.54) is 4.90 Å². The molecule has 136 valence electrons. The zero-order valence-corrected chi connectivity index (χ0v) is 15.7. The summed E-state index contributed by atoms with van der Waals surface area (Å²) >= 11 is 5.99. The molecule has 27 heavy (non-hydrogen) atoms. The van der Waals surface area contributed by atoms with Crippen molar-refractivity contribution in [1.82, 2.24) is 4.98 Å². The quantitative estimate of drug-likeness (QED) is 0.722. The average Bonchev–Trinajstić information content (AvgIpc) is 2.70. The molecular formula is C21H18ClN3O2. The van der Waals surface area contributed by atoms with Gasteiger partial charge in [-0.25, -0.2) is 4.98 Å². The minimum Gasteiger partial charge on any atom is -0.320 e. The fourth-order valence-electron chi connectivity index (χ4n) is 2.54. The van der Waals surface area contributed by atoms with Gasteiger partial charge in [0.25, 0.3) is 11.8 Å². The Labute approximate surface area is 162 Å². The topological polar surface area (TPSA) is 62.3 Å². The minimum atomic E-state index is -0.405. The number of pyridine rings is 1. The van der Waals surface area contributed by atoms with Crippen LogP contribution in [0.25, 0.3) is 0 Å². The van der Waals surface area contributed by atoms with Gasteiger partial charge in [-0.15, -0.1) is 0 Å². The van der Waals surface area contributed by atoms with Crippen molar-refractivity contribution in [1.29, 1.82) is 0 Å².